The Balaban J connectivity index is 2.63. The molecule has 2 rings (SSSR count). The van der Waals surface area contributed by atoms with E-state index in [4.69, 9.17) is 9.16 Å². The normalized spacial score (nSPS) is 11.3. The van der Waals surface area contributed by atoms with Crippen molar-refractivity contribution in [1.29, 1.82) is 0 Å². The SMILES string of the molecule is CCOC#CO[Si](c1ccccc1)(c1ccccc1)C(C)(C)C. The zero-order valence-electron chi connectivity index (χ0n) is 14.3. The Bertz CT molecular complexity index is 624. The molecule has 0 aliphatic heterocycles. The maximum absolute atomic E-state index is 6.32. The van der Waals surface area contributed by atoms with Crippen molar-refractivity contribution < 1.29 is 9.16 Å². The Labute approximate surface area is 140 Å². The Morgan fingerprint density at radius 3 is 1.70 bits per heavy atom. The van der Waals surface area contributed by atoms with Gasteiger partial charge in [-0.05, 0) is 17.3 Å². The second-order valence-electron chi connectivity index (χ2n) is 6.40. The third-order valence-electron chi connectivity index (χ3n) is 3.88. The summed E-state index contributed by atoms with van der Waals surface area (Å²) in [5.41, 5.74) is 0. The van der Waals surface area contributed by atoms with Gasteiger partial charge in [0.05, 0.1) is 6.61 Å². The van der Waals surface area contributed by atoms with E-state index in [9.17, 15) is 0 Å². The molecule has 2 aromatic carbocycles. The molecule has 0 fully saturated rings. The first kappa shape index (κ1) is 17.2. The molecule has 0 aromatic heterocycles. The average Bonchev–Trinajstić information content (AvgIpc) is 2.55. The van der Waals surface area contributed by atoms with Gasteiger partial charge in [-0.1, -0.05) is 81.4 Å². The Hall–Kier alpha value is -2.18. The average molecular weight is 324 g/mol. The van der Waals surface area contributed by atoms with E-state index in [0.29, 0.717) is 6.61 Å². The molecule has 0 saturated heterocycles. The fourth-order valence-corrected chi connectivity index (χ4v) is 6.97. The van der Waals surface area contributed by atoms with Crippen molar-refractivity contribution in [2.45, 2.75) is 32.7 Å². The second-order valence-corrected chi connectivity index (χ2v) is 10.6. The van der Waals surface area contributed by atoms with Crippen LogP contribution in [0.1, 0.15) is 27.7 Å². The van der Waals surface area contributed by atoms with E-state index in [-0.39, 0.29) is 5.04 Å². The first-order valence-electron chi connectivity index (χ1n) is 7.93. The van der Waals surface area contributed by atoms with Crippen molar-refractivity contribution in [2.24, 2.45) is 0 Å². The van der Waals surface area contributed by atoms with Crippen molar-refractivity contribution in [1.82, 2.24) is 0 Å². The van der Waals surface area contributed by atoms with E-state index in [0.717, 1.165) is 0 Å². The Kier molecular flexibility index (Phi) is 5.52. The van der Waals surface area contributed by atoms with Gasteiger partial charge in [0.15, 0.2) is 6.11 Å². The van der Waals surface area contributed by atoms with Gasteiger partial charge in [-0.25, -0.2) is 0 Å². The number of benzene rings is 2. The van der Waals surface area contributed by atoms with Gasteiger partial charge >= 0.3 is 8.32 Å². The minimum atomic E-state index is -2.55. The molecule has 0 unspecified atom stereocenters. The standard InChI is InChI=1S/C20H24O2Si/c1-5-21-16-17-22-23(20(2,3)4,18-12-8-6-9-13-18)19-14-10-7-11-15-19/h6-15H,5H2,1-4H3. The zero-order chi connectivity index (χ0) is 16.8. The molecular weight excluding hydrogens is 300 g/mol. The summed E-state index contributed by atoms with van der Waals surface area (Å²) in [5.74, 6) is 0. The summed E-state index contributed by atoms with van der Waals surface area (Å²) in [7, 11) is -2.55. The smallest absolute Gasteiger partial charge is 0.332 e. The predicted molar refractivity (Wildman–Crippen MR) is 98.1 cm³/mol. The first-order valence-corrected chi connectivity index (χ1v) is 9.84. The molecule has 0 aliphatic carbocycles. The van der Waals surface area contributed by atoms with Crippen molar-refractivity contribution in [2.75, 3.05) is 6.61 Å². The summed E-state index contributed by atoms with van der Waals surface area (Å²) in [6.45, 7) is 9.14. The molecule has 0 saturated carbocycles. The summed E-state index contributed by atoms with van der Waals surface area (Å²) in [5, 5.41) is 2.35. The van der Waals surface area contributed by atoms with Crippen molar-refractivity contribution in [3.8, 4) is 12.2 Å². The topological polar surface area (TPSA) is 18.5 Å². The molecule has 23 heavy (non-hydrogen) atoms. The van der Waals surface area contributed by atoms with Crippen LogP contribution in [0, 0.1) is 12.2 Å². The van der Waals surface area contributed by atoms with Crippen LogP contribution in [0.3, 0.4) is 0 Å². The van der Waals surface area contributed by atoms with Crippen LogP contribution >= 0.6 is 0 Å². The highest BCUT2D eigenvalue weighted by Crippen LogP contribution is 2.36. The highest BCUT2D eigenvalue weighted by Gasteiger charge is 2.52. The summed E-state index contributed by atoms with van der Waals surface area (Å²) in [4.78, 5) is 0. The molecule has 0 radical (unpaired) electrons. The lowest BCUT2D eigenvalue weighted by molar-refractivity contribution is 0.293. The summed E-state index contributed by atoms with van der Waals surface area (Å²) in [6, 6.07) is 20.9. The lowest BCUT2D eigenvalue weighted by Crippen LogP contribution is -2.65. The van der Waals surface area contributed by atoms with Crippen LogP contribution in [0.15, 0.2) is 60.7 Å². The number of rotatable bonds is 4. The first-order chi connectivity index (χ1) is 11.0. The van der Waals surface area contributed by atoms with Gasteiger partial charge in [-0.15, -0.1) is 0 Å². The summed E-state index contributed by atoms with van der Waals surface area (Å²) >= 11 is 0. The molecule has 0 heterocycles. The van der Waals surface area contributed by atoms with Crippen LogP contribution in [0.4, 0.5) is 0 Å². The van der Waals surface area contributed by atoms with Crippen molar-refractivity contribution in [3.05, 3.63) is 60.7 Å². The molecule has 2 nitrogen and oxygen atoms in total. The molecule has 0 atom stereocenters. The fourth-order valence-electron chi connectivity index (χ4n) is 2.85. The number of hydrogen-bond acceptors (Lipinski definition) is 2. The molecule has 0 bridgehead atoms. The number of hydrogen-bond donors (Lipinski definition) is 0. The monoisotopic (exact) mass is 324 g/mol. The van der Waals surface area contributed by atoms with Crippen molar-refractivity contribution >= 4 is 18.7 Å². The van der Waals surface area contributed by atoms with E-state index in [2.05, 4.69) is 81.5 Å². The Morgan fingerprint density at radius 2 is 1.30 bits per heavy atom. The van der Waals surface area contributed by atoms with E-state index in [1.54, 1.807) is 0 Å². The highest BCUT2D eigenvalue weighted by molar-refractivity contribution is 6.99. The highest BCUT2D eigenvalue weighted by atomic mass is 28.4. The molecule has 0 aliphatic rings. The number of ether oxygens (including phenoxy) is 1. The van der Waals surface area contributed by atoms with Crippen LogP contribution in [0.25, 0.3) is 0 Å². The maximum Gasteiger partial charge on any atom is 0.332 e. The minimum Gasteiger partial charge on any atom is -0.487 e. The lowest BCUT2D eigenvalue weighted by Gasteiger charge is -2.40. The van der Waals surface area contributed by atoms with Crippen molar-refractivity contribution in [3.63, 3.8) is 0 Å². The van der Waals surface area contributed by atoms with Gasteiger partial charge in [-0.2, -0.15) is 0 Å². The van der Waals surface area contributed by atoms with Gasteiger partial charge in [-0.3, -0.25) is 0 Å². The predicted octanol–water partition coefficient (Wildman–Crippen LogP) is 3.52. The maximum atomic E-state index is 6.32. The Morgan fingerprint density at radius 1 is 0.826 bits per heavy atom. The molecule has 120 valence electrons. The molecule has 0 amide bonds. The van der Waals surface area contributed by atoms with Crippen LogP contribution in [0.5, 0.6) is 0 Å². The minimum absolute atomic E-state index is 0.0728. The van der Waals surface area contributed by atoms with E-state index in [1.807, 2.05) is 19.1 Å². The molecule has 2 aromatic rings. The third kappa shape index (κ3) is 3.60. The van der Waals surface area contributed by atoms with Crippen LogP contribution in [-0.4, -0.2) is 14.9 Å². The second kappa shape index (κ2) is 7.39. The van der Waals surface area contributed by atoms with Gasteiger partial charge in [0.25, 0.3) is 0 Å². The van der Waals surface area contributed by atoms with E-state index < -0.39 is 8.32 Å². The largest absolute Gasteiger partial charge is 0.487 e. The quantitative estimate of drug-likeness (QED) is 0.633. The van der Waals surface area contributed by atoms with Crippen LogP contribution in [0.2, 0.25) is 5.04 Å². The summed E-state index contributed by atoms with van der Waals surface area (Å²) in [6.07, 6.45) is 5.48. The fraction of sp³-hybridized carbons (Fsp3) is 0.300. The van der Waals surface area contributed by atoms with E-state index in [1.165, 1.54) is 10.4 Å². The lowest BCUT2D eigenvalue weighted by atomic mass is 10.2. The van der Waals surface area contributed by atoms with Gasteiger partial charge in [0.1, 0.15) is 6.11 Å². The van der Waals surface area contributed by atoms with Gasteiger partial charge in [0, 0.05) is 5.04 Å². The van der Waals surface area contributed by atoms with Crippen LogP contribution in [-0.2, 0) is 9.16 Å². The van der Waals surface area contributed by atoms with Crippen LogP contribution < -0.4 is 10.4 Å². The molecular formula is C20H24O2Si. The molecule has 0 N–H and O–H groups in total. The van der Waals surface area contributed by atoms with E-state index >= 15 is 0 Å². The molecule has 3 heteroatoms. The van der Waals surface area contributed by atoms with Gasteiger partial charge < -0.3 is 9.16 Å². The zero-order valence-corrected chi connectivity index (χ0v) is 15.3. The van der Waals surface area contributed by atoms with Gasteiger partial charge in [0.2, 0.25) is 0 Å². The third-order valence-corrected chi connectivity index (χ3v) is 8.69. The molecule has 0 spiro atoms. The summed E-state index contributed by atoms with van der Waals surface area (Å²) < 4.78 is 11.5.